The van der Waals surface area contributed by atoms with Gasteiger partial charge in [0.05, 0.1) is 19.9 Å². The Morgan fingerprint density at radius 2 is 1.72 bits per heavy atom. The van der Waals surface area contributed by atoms with Crippen LogP contribution in [0.2, 0.25) is 0 Å². The van der Waals surface area contributed by atoms with E-state index >= 15 is 0 Å². The number of furan rings is 1. The maximum Gasteiger partial charge on any atom is 0.262 e. The molecule has 0 radical (unpaired) electrons. The summed E-state index contributed by atoms with van der Waals surface area (Å²) in [4.78, 5) is 0. The van der Waals surface area contributed by atoms with Gasteiger partial charge in [0.2, 0.25) is 0 Å². The summed E-state index contributed by atoms with van der Waals surface area (Å²) in [5.41, 5.74) is 4.66. The van der Waals surface area contributed by atoms with Crippen molar-refractivity contribution >= 4 is 0 Å². The lowest BCUT2D eigenvalue weighted by molar-refractivity contribution is -0.692. The Kier molecular flexibility index (Phi) is 4.68. The lowest BCUT2D eigenvalue weighted by atomic mass is 10.1. The van der Waals surface area contributed by atoms with Crippen molar-refractivity contribution in [3.8, 4) is 34.0 Å². The summed E-state index contributed by atoms with van der Waals surface area (Å²) in [6.07, 6.45) is 8.75. The van der Waals surface area contributed by atoms with Gasteiger partial charge < -0.3 is 9.15 Å². The van der Waals surface area contributed by atoms with Gasteiger partial charge in [-0.3, -0.25) is 0 Å². The monoisotopic (exact) mass is 385 g/mol. The number of imidazole rings is 1. The minimum Gasteiger partial charge on any atom is -0.492 e. The van der Waals surface area contributed by atoms with Crippen molar-refractivity contribution in [1.82, 2.24) is 4.57 Å². The Labute approximate surface area is 171 Å². The van der Waals surface area contributed by atoms with E-state index < -0.39 is 0 Å². The summed E-state index contributed by atoms with van der Waals surface area (Å²) in [6.45, 7) is 1.05. The molecule has 29 heavy (non-hydrogen) atoms. The van der Waals surface area contributed by atoms with Crippen LogP contribution in [0.3, 0.4) is 0 Å². The number of hydrogen-bond acceptors (Lipinski definition) is 2. The molecule has 0 N–H and O–H groups in total. The SMILES string of the molecule is COc1ccccc1-n1cc(-c2ccc(-c3ccco3)cc2)[n+]2c1CCCCC2. The molecule has 0 fully saturated rings. The van der Waals surface area contributed by atoms with Crippen LogP contribution in [0.25, 0.3) is 28.3 Å². The first-order valence-electron chi connectivity index (χ1n) is 10.3. The van der Waals surface area contributed by atoms with E-state index in [1.807, 2.05) is 24.3 Å². The van der Waals surface area contributed by atoms with E-state index in [1.54, 1.807) is 13.4 Å². The topological polar surface area (TPSA) is 31.2 Å². The summed E-state index contributed by atoms with van der Waals surface area (Å²) in [5.74, 6) is 3.14. The molecule has 4 heteroatoms. The van der Waals surface area contributed by atoms with Crippen LogP contribution in [0.4, 0.5) is 0 Å². The Morgan fingerprint density at radius 3 is 2.52 bits per heavy atom. The molecule has 4 aromatic rings. The zero-order valence-electron chi connectivity index (χ0n) is 16.7. The van der Waals surface area contributed by atoms with Gasteiger partial charge in [-0.15, -0.1) is 0 Å². The highest BCUT2D eigenvalue weighted by atomic mass is 16.5. The second-order valence-corrected chi connectivity index (χ2v) is 7.49. The number of para-hydroxylation sites is 2. The number of aromatic nitrogens is 2. The number of methoxy groups -OCH3 is 1. The van der Waals surface area contributed by atoms with Crippen LogP contribution in [0.15, 0.2) is 77.5 Å². The number of benzene rings is 2. The number of rotatable bonds is 4. The van der Waals surface area contributed by atoms with Gasteiger partial charge in [-0.25, -0.2) is 4.57 Å². The molecule has 5 rings (SSSR count). The van der Waals surface area contributed by atoms with Gasteiger partial charge in [-0.05, 0) is 55.7 Å². The van der Waals surface area contributed by atoms with Gasteiger partial charge in [-0.2, -0.15) is 4.57 Å². The fourth-order valence-corrected chi connectivity index (χ4v) is 4.29. The first kappa shape index (κ1) is 17.8. The number of hydrogen-bond donors (Lipinski definition) is 0. The van der Waals surface area contributed by atoms with Crippen molar-refractivity contribution in [2.75, 3.05) is 7.11 Å². The van der Waals surface area contributed by atoms with Crippen LogP contribution >= 0.6 is 0 Å². The largest absolute Gasteiger partial charge is 0.492 e. The Hall–Kier alpha value is -3.27. The van der Waals surface area contributed by atoms with E-state index in [0.29, 0.717) is 0 Å². The van der Waals surface area contributed by atoms with Crippen LogP contribution in [-0.2, 0) is 13.0 Å². The maximum atomic E-state index is 5.65. The molecule has 1 aliphatic rings. The molecule has 0 amide bonds. The third-order valence-electron chi connectivity index (χ3n) is 5.75. The summed E-state index contributed by atoms with van der Waals surface area (Å²) >= 11 is 0. The normalized spacial score (nSPS) is 13.7. The Bertz CT molecular complexity index is 1110. The van der Waals surface area contributed by atoms with Crippen molar-refractivity contribution in [1.29, 1.82) is 0 Å². The lowest BCUT2D eigenvalue weighted by Crippen LogP contribution is -2.38. The summed E-state index contributed by atoms with van der Waals surface area (Å²) in [6, 6.07) is 20.8. The highest BCUT2D eigenvalue weighted by molar-refractivity contribution is 5.65. The molecular formula is C25H25N2O2+. The molecule has 0 atom stereocenters. The maximum absolute atomic E-state index is 5.65. The number of nitrogens with zero attached hydrogens (tertiary/aromatic N) is 2. The third-order valence-corrected chi connectivity index (χ3v) is 5.75. The standard InChI is InChI=1S/C25H25N2O2/c1-28-24-9-5-4-8-21(24)27-18-22(26-16-6-2-3-11-25(26)27)19-12-14-20(15-13-19)23-10-7-17-29-23/h4-5,7-10,12-15,17-18H,2-3,6,11,16H2,1H3/q+1. The van der Waals surface area contributed by atoms with E-state index in [0.717, 1.165) is 35.7 Å². The molecule has 146 valence electrons. The predicted octanol–water partition coefficient (Wildman–Crippen LogP) is 5.43. The molecule has 0 spiro atoms. The van der Waals surface area contributed by atoms with Gasteiger partial charge in [0.1, 0.15) is 12.0 Å². The quantitative estimate of drug-likeness (QED) is 0.439. The van der Waals surface area contributed by atoms with Crippen LogP contribution in [-0.4, -0.2) is 11.7 Å². The van der Waals surface area contributed by atoms with Crippen molar-refractivity contribution in [2.45, 2.75) is 32.2 Å². The second-order valence-electron chi connectivity index (χ2n) is 7.49. The van der Waals surface area contributed by atoms with Crippen LogP contribution in [0, 0.1) is 0 Å². The van der Waals surface area contributed by atoms with Crippen molar-refractivity contribution in [3.63, 3.8) is 0 Å². The van der Waals surface area contributed by atoms with E-state index in [-0.39, 0.29) is 0 Å². The van der Waals surface area contributed by atoms with Gasteiger partial charge in [0, 0.05) is 17.5 Å². The summed E-state index contributed by atoms with van der Waals surface area (Å²) < 4.78 is 16.0. The fraction of sp³-hybridized carbons (Fsp3) is 0.240. The van der Waals surface area contributed by atoms with E-state index in [9.17, 15) is 0 Å². The van der Waals surface area contributed by atoms with Crippen LogP contribution in [0.1, 0.15) is 25.1 Å². The molecule has 0 saturated carbocycles. The average molecular weight is 385 g/mol. The predicted molar refractivity (Wildman–Crippen MR) is 113 cm³/mol. The van der Waals surface area contributed by atoms with E-state index in [4.69, 9.17) is 9.15 Å². The molecular weight excluding hydrogens is 360 g/mol. The van der Waals surface area contributed by atoms with Crippen molar-refractivity contribution in [2.24, 2.45) is 0 Å². The average Bonchev–Trinajstić information content (AvgIpc) is 3.37. The zero-order chi connectivity index (χ0) is 19.6. The number of fused-ring (bicyclic) bond motifs is 1. The minimum atomic E-state index is 0.898. The molecule has 1 aliphatic heterocycles. The Balaban J connectivity index is 1.63. The minimum absolute atomic E-state index is 0.898. The molecule has 2 aromatic heterocycles. The number of ether oxygens (including phenoxy) is 1. The highest BCUT2D eigenvalue weighted by Crippen LogP contribution is 2.29. The molecule has 0 bridgehead atoms. The van der Waals surface area contributed by atoms with Gasteiger partial charge in [0.15, 0.2) is 17.1 Å². The molecule has 0 saturated heterocycles. The molecule has 0 unspecified atom stereocenters. The molecule has 2 aromatic carbocycles. The van der Waals surface area contributed by atoms with Crippen molar-refractivity contribution < 1.29 is 13.7 Å². The van der Waals surface area contributed by atoms with E-state index in [1.165, 1.54) is 36.3 Å². The Morgan fingerprint density at radius 1 is 0.897 bits per heavy atom. The first-order valence-corrected chi connectivity index (χ1v) is 10.3. The second kappa shape index (κ2) is 7.63. The highest BCUT2D eigenvalue weighted by Gasteiger charge is 2.28. The summed E-state index contributed by atoms with van der Waals surface area (Å²) in [7, 11) is 1.74. The molecule has 0 aliphatic carbocycles. The van der Waals surface area contributed by atoms with Gasteiger partial charge >= 0.3 is 0 Å². The van der Waals surface area contributed by atoms with Crippen LogP contribution in [0.5, 0.6) is 5.75 Å². The van der Waals surface area contributed by atoms with Crippen LogP contribution < -0.4 is 9.30 Å². The summed E-state index contributed by atoms with van der Waals surface area (Å²) in [5, 5.41) is 0. The third kappa shape index (κ3) is 3.25. The lowest BCUT2D eigenvalue weighted by Gasteiger charge is -2.06. The van der Waals surface area contributed by atoms with Gasteiger partial charge in [-0.1, -0.05) is 24.3 Å². The molecule has 3 heterocycles. The first-order chi connectivity index (χ1) is 14.3. The fourth-order valence-electron chi connectivity index (χ4n) is 4.29. The van der Waals surface area contributed by atoms with Crippen molar-refractivity contribution in [3.05, 3.63) is 78.9 Å². The zero-order valence-corrected chi connectivity index (χ0v) is 16.7. The van der Waals surface area contributed by atoms with E-state index in [2.05, 4.69) is 51.7 Å². The smallest absolute Gasteiger partial charge is 0.262 e. The van der Waals surface area contributed by atoms with Gasteiger partial charge in [0.25, 0.3) is 5.82 Å². The molecule has 4 nitrogen and oxygen atoms in total.